The Hall–Kier alpha value is -2.17. The third-order valence-electron chi connectivity index (χ3n) is 4.03. The molecule has 0 aliphatic carbocycles. The van der Waals surface area contributed by atoms with Crippen molar-refractivity contribution in [1.29, 1.82) is 0 Å². The molecule has 1 aliphatic heterocycles. The molecule has 1 fully saturated rings. The molecule has 1 heterocycles. The molecule has 2 N–H and O–H groups in total. The number of imide groups is 1. The van der Waals surface area contributed by atoms with Crippen molar-refractivity contribution >= 4 is 39.5 Å². The van der Waals surface area contributed by atoms with Gasteiger partial charge in [0.05, 0.1) is 4.90 Å². The van der Waals surface area contributed by atoms with Gasteiger partial charge in [0.25, 0.3) is 5.91 Å². The average Bonchev–Trinajstić information content (AvgIpc) is 3.15. The molecule has 1 aromatic carbocycles. The number of carbonyl (C=O) groups excluding carboxylic acids is 3. The molecule has 154 valence electrons. The molecule has 0 spiro atoms. The number of sulfonamides is 1. The van der Waals surface area contributed by atoms with Crippen LogP contribution in [0.15, 0.2) is 29.2 Å². The number of carbonyl (C=O) groups is 3. The van der Waals surface area contributed by atoms with Crippen molar-refractivity contribution in [1.82, 2.24) is 14.9 Å². The summed E-state index contributed by atoms with van der Waals surface area (Å²) in [5.41, 5.74) is 0. The van der Waals surface area contributed by atoms with E-state index in [1.807, 2.05) is 12.2 Å². The monoisotopic (exact) mass is 431 g/mol. The Morgan fingerprint density at radius 3 is 2.57 bits per heavy atom. The van der Waals surface area contributed by atoms with E-state index in [0.29, 0.717) is 24.4 Å². The Morgan fingerprint density at radius 2 is 1.93 bits per heavy atom. The predicted molar refractivity (Wildman–Crippen MR) is 101 cm³/mol. The zero-order valence-corrected chi connectivity index (χ0v) is 16.9. The number of hydrogen-bond donors (Lipinski definition) is 2. The molecule has 9 nitrogen and oxygen atoms in total. The summed E-state index contributed by atoms with van der Waals surface area (Å²) in [7, 11) is -3.91. The van der Waals surface area contributed by atoms with Gasteiger partial charge in [0.2, 0.25) is 10.0 Å². The molecule has 0 aromatic heterocycles. The lowest BCUT2D eigenvalue weighted by molar-refractivity contribution is -0.151. The standard InChI is InChI=1S/C17H22ClN3O6S/c1-2-9-19-17(24)20-15(22)11-27-16(23)14-4-3-10-21(14)28(25,26)13-7-5-12(18)6-8-13/h5-8,14H,2-4,9-11H2,1H3,(H2,19,20,22,24). The van der Waals surface area contributed by atoms with Crippen molar-refractivity contribution < 1.29 is 27.5 Å². The Kier molecular flexibility index (Phi) is 7.78. The molecule has 1 aromatic rings. The number of rotatable bonds is 7. The molecule has 1 unspecified atom stereocenters. The fraction of sp³-hybridized carbons (Fsp3) is 0.471. The molecular weight excluding hydrogens is 410 g/mol. The molecule has 0 bridgehead atoms. The van der Waals surface area contributed by atoms with Gasteiger partial charge in [-0.25, -0.2) is 13.2 Å². The minimum absolute atomic E-state index is 0.0157. The molecule has 0 radical (unpaired) electrons. The van der Waals surface area contributed by atoms with Gasteiger partial charge < -0.3 is 10.1 Å². The van der Waals surface area contributed by atoms with Crippen LogP contribution in [0.4, 0.5) is 4.79 Å². The van der Waals surface area contributed by atoms with Crippen LogP contribution in [0.25, 0.3) is 0 Å². The van der Waals surface area contributed by atoms with Crippen LogP contribution >= 0.6 is 11.6 Å². The van der Waals surface area contributed by atoms with E-state index in [9.17, 15) is 22.8 Å². The zero-order valence-electron chi connectivity index (χ0n) is 15.3. The summed E-state index contributed by atoms with van der Waals surface area (Å²) in [6.45, 7) is 1.74. The minimum atomic E-state index is -3.91. The number of urea groups is 1. The summed E-state index contributed by atoms with van der Waals surface area (Å²) in [5.74, 6) is -1.63. The van der Waals surface area contributed by atoms with Crippen LogP contribution in [-0.2, 0) is 24.3 Å². The van der Waals surface area contributed by atoms with Crippen LogP contribution in [-0.4, -0.2) is 56.4 Å². The Balaban J connectivity index is 1.96. The van der Waals surface area contributed by atoms with Crippen molar-refractivity contribution in [2.24, 2.45) is 0 Å². The fourth-order valence-electron chi connectivity index (χ4n) is 2.68. The lowest BCUT2D eigenvalue weighted by Gasteiger charge is -2.22. The third kappa shape index (κ3) is 5.66. The fourth-order valence-corrected chi connectivity index (χ4v) is 4.46. The number of halogens is 1. The third-order valence-corrected chi connectivity index (χ3v) is 6.20. The number of benzene rings is 1. The van der Waals surface area contributed by atoms with Gasteiger partial charge in [-0.1, -0.05) is 18.5 Å². The number of nitrogens with zero attached hydrogens (tertiary/aromatic N) is 1. The van der Waals surface area contributed by atoms with Gasteiger partial charge in [-0.05, 0) is 43.5 Å². The summed E-state index contributed by atoms with van der Waals surface area (Å²) < 4.78 is 31.6. The largest absolute Gasteiger partial charge is 0.454 e. The molecule has 2 rings (SSSR count). The summed E-state index contributed by atoms with van der Waals surface area (Å²) in [6, 6.07) is 3.91. The van der Waals surface area contributed by atoms with E-state index in [4.69, 9.17) is 16.3 Å². The zero-order chi connectivity index (χ0) is 20.7. The highest BCUT2D eigenvalue weighted by Gasteiger charge is 2.40. The predicted octanol–water partition coefficient (Wildman–Crippen LogP) is 1.27. The lowest BCUT2D eigenvalue weighted by atomic mass is 10.2. The molecule has 1 aliphatic rings. The van der Waals surface area contributed by atoms with Crippen molar-refractivity contribution in [2.75, 3.05) is 19.7 Å². The first kappa shape index (κ1) is 22.1. The average molecular weight is 432 g/mol. The molecular formula is C17H22ClN3O6S. The van der Waals surface area contributed by atoms with Crippen LogP contribution < -0.4 is 10.6 Å². The molecule has 1 atom stereocenters. The first-order valence-corrected chi connectivity index (χ1v) is 10.6. The first-order valence-electron chi connectivity index (χ1n) is 8.77. The molecule has 28 heavy (non-hydrogen) atoms. The van der Waals surface area contributed by atoms with Crippen LogP contribution in [0.1, 0.15) is 26.2 Å². The summed E-state index contributed by atoms with van der Waals surface area (Å²) in [4.78, 5) is 35.4. The second-order valence-corrected chi connectivity index (χ2v) is 8.47. The highest BCUT2D eigenvalue weighted by Crippen LogP contribution is 2.27. The van der Waals surface area contributed by atoms with Crippen LogP contribution in [0.3, 0.4) is 0 Å². The van der Waals surface area contributed by atoms with Gasteiger partial charge in [-0.3, -0.25) is 14.9 Å². The van der Waals surface area contributed by atoms with E-state index in [1.54, 1.807) is 0 Å². The Bertz CT molecular complexity index is 828. The van der Waals surface area contributed by atoms with Gasteiger partial charge in [-0.2, -0.15) is 4.31 Å². The second-order valence-electron chi connectivity index (χ2n) is 6.14. The van der Waals surface area contributed by atoms with E-state index in [1.165, 1.54) is 24.3 Å². The normalized spacial score (nSPS) is 17.1. The molecule has 11 heteroatoms. The Labute approximate surface area is 168 Å². The first-order chi connectivity index (χ1) is 13.3. The van der Waals surface area contributed by atoms with Crippen molar-refractivity contribution in [3.63, 3.8) is 0 Å². The lowest BCUT2D eigenvalue weighted by Crippen LogP contribution is -2.44. The topological polar surface area (TPSA) is 122 Å². The smallest absolute Gasteiger partial charge is 0.324 e. The second kappa shape index (κ2) is 9.85. The summed E-state index contributed by atoms with van der Waals surface area (Å²) in [6.07, 6.45) is 1.47. The quantitative estimate of drug-likeness (QED) is 0.627. The van der Waals surface area contributed by atoms with Crippen molar-refractivity contribution in [3.8, 4) is 0 Å². The number of esters is 1. The number of amides is 3. The maximum atomic E-state index is 12.8. The van der Waals surface area contributed by atoms with E-state index >= 15 is 0 Å². The van der Waals surface area contributed by atoms with E-state index in [0.717, 1.165) is 4.31 Å². The van der Waals surface area contributed by atoms with Crippen molar-refractivity contribution in [2.45, 2.75) is 37.1 Å². The highest BCUT2D eigenvalue weighted by atomic mass is 35.5. The SMILES string of the molecule is CCCNC(=O)NC(=O)COC(=O)C1CCCN1S(=O)(=O)c1ccc(Cl)cc1. The Morgan fingerprint density at radius 1 is 1.25 bits per heavy atom. The van der Waals surface area contributed by atoms with Gasteiger partial charge in [0, 0.05) is 18.1 Å². The molecule has 0 saturated carbocycles. The minimum Gasteiger partial charge on any atom is -0.454 e. The number of hydrogen-bond acceptors (Lipinski definition) is 6. The number of nitrogens with one attached hydrogen (secondary N) is 2. The van der Waals surface area contributed by atoms with Crippen molar-refractivity contribution in [3.05, 3.63) is 29.3 Å². The van der Waals surface area contributed by atoms with Gasteiger partial charge in [0.1, 0.15) is 6.04 Å². The molecule has 1 saturated heterocycles. The maximum Gasteiger partial charge on any atom is 0.324 e. The van der Waals surface area contributed by atoms with E-state index in [-0.39, 0.29) is 17.9 Å². The van der Waals surface area contributed by atoms with Gasteiger partial charge in [0.15, 0.2) is 6.61 Å². The summed E-state index contributed by atoms with van der Waals surface area (Å²) >= 11 is 5.79. The van der Waals surface area contributed by atoms with E-state index < -0.39 is 40.6 Å². The molecule has 3 amide bonds. The summed E-state index contributed by atoms with van der Waals surface area (Å²) in [5, 5.41) is 4.86. The maximum absolute atomic E-state index is 12.8. The van der Waals surface area contributed by atoms with Crippen LogP contribution in [0.5, 0.6) is 0 Å². The van der Waals surface area contributed by atoms with Crippen LogP contribution in [0.2, 0.25) is 5.02 Å². The highest BCUT2D eigenvalue weighted by molar-refractivity contribution is 7.89. The van der Waals surface area contributed by atoms with Gasteiger partial charge >= 0.3 is 12.0 Å². The van der Waals surface area contributed by atoms with Crippen LogP contribution in [0, 0.1) is 0 Å². The van der Waals surface area contributed by atoms with Gasteiger partial charge in [-0.15, -0.1) is 0 Å². The van der Waals surface area contributed by atoms with E-state index in [2.05, 4.69) is 5.32 Å². The number of ether oxygens (including phenoxy) is 1.